The van der Waals surface area contributed by atoms with Crippen LogP contribution in [0.1, 0.15) is 24.5 Å². The number of halogens is 2. The molecule has 0 fully saturated rings. The Hall–Kier alpha value is -1.60. The third-order valence-corrected chi connectivity index (χ3v) is 3.25. The van der Waals surface area contributed by atoms with Crippen LogP contribution in [0.25, 0.3) is 0 Å². The van der Waals surface area contributed by atoms with Crippen molar-refractivity contribution in [1.29, 1.82) is 5.26 Å². The maximum Gasteiger partial charge on any atom is 0.238 e. The van der Waals surface area contributed by atoms with Gasteiger partial charge >= 0.3 is 0 Å². The summed E-state index contributed by atoms with van der Waals surface area (Å²) in [6.07, 6.45) is 0.454. The van der Waals surface area contributed by atoms with E-state index in [9.17, 15) is 9.18 Å². The first-order valence-corrected chi connectivity index (χ1v) is 5.48. The highest BCUT2D eigenvalue weighted by molar-refractivity contribution is 6.34. The third-order valence-electron chi connectivity index (χ3n) is 2.67. The molecular formula is C12H12ClFN2O. The maximum atomic E-state index is 12.9. The Morgan fingerprint density at radius 2 is 2.29 bits per heavy atom. The number of rotatable bonds is 4. The molecule has 0 aromatic heterocycles. The number of alkyl halides is 1. The van der Waals surface area contributed by atoms with Gasteiger partial charge < -0.3 is 5.73 Å². The fourth-order valence-electron chi connectivity index (χ4n) is 1.50. The molecule has 1 aromatic rings. The molecule has 3 nitrogen and oxygen atoms in total. The quantitative estimate of drug-likeness (QED) is 0.837. The molecule has 0 radical (unpaired) electrons. The summed E-state index contributed by atoms with van der Waals surface area (Å²) in [4.78, 5) is 10.0. The molecule has 0 saturated heterocycles. The molecule has 0 saturated carbocycles. The molecule has 0 heterocycles. The summed E-state index contributed by atoms with van der Waals surface area (Å²) in [5.74, 6) is -1.14. The van der Waals surface area contributed by atoms with Crippen LogP contribution in [-0.4, -0.2) is 10.8 Å². The zero-order valence-corrected chi connectivity index (χ0v) is 10.1. The van der Waals surface area contributed by atoms with E-state index in [4.69, 9.17) is 22.6 Å². The predicted octanol–water partition coefficient (Wildman–Crippen LogP) is 2.11. The number of carbonyl (C=O) groups excluding carboxylic acids is 1. The van der Waals surface area contributed by atoms with Crippen LogP contribution in [0.4, 0.5) is 4.39 Å². The molecule has 0 bridgehead atoms. The fraction of sp³-hybridized carbons (Fsp3) is 0.333. The number of carbonyl (C=O) groups is 1. The third kappa shape index (κ3) is 2.95. The van der Waals surface area contributed by atoms with Crippen molar-refractivity contribution in [2.75, 3.05) is 0 Å². The number of amides is 1. The second-order valence-electron chi connectivity index (χ2n) is 3.77. The predicted molar refractivity (Wildman–Crippen MR) is 62.9 cm³/mol. The number of hydrogen-bond donors (Lipinski definition) is 1. The van der Waals surface area contributed by atoms with E-state index in [1.54, 1.807) is 6.92 Å². The Kier molecular flexibility index (Phi) is 4.08. The van der Waals surface area contributed by atoms with Crippen molar-refractivity contribution >= 4 is 17.5 Å². The van der Waals surface area contributed by atoms with E-state index < -0.39 is 16.6 Å². The number of benzene rings is 1. The second-order valence-corrected chi connectivity index (χ2v) is 4.50. The summed E-state index contributed by atoms with van der Waals surface area (Å²) in [7, 11) is 0. The smallest absolute Gasteiger partial charge is 0.238 e. The summed E-state index contributed by atoms with van der Waals surface area (Å²) in [5.41, 5.74) is 5.91. The van der Waals surface area contributed by atoms with E-state index in [1.807, 2.05) is 6.07 Å². The topological polar surface area (TPSA) is 66.9 Å². The maximum absolute atomic E-state index is 12.9. The van der Waals surface area contributed by atoms with Crippen molar-refractivity contribution in [2.24, 2.45) is 5.73 Å². The molecule has 1 amide bonds. The number of primary amides is 1. The highest BCUT2D eigenvalue weighted by Crippen LogP contribution is 2.26. The monoisotopic (exact) mass is 254 g/mol. The van der Waals surface area contributed by atoms with Crippen LogP contribution in [0.15, 0.2) is 18.2 Å². The molecule has 1 rings (SSSR count). The van der Waals surface area contributed by atoms with E-state index in [2.05, 4.69) is 0 Å². The largest absolute Gasteiger partial charge is 0.368 e. The lowest BCUT2D eigenvalue weighted by atomic mass is 9.92. The van der Waals surface area contributed by atoms with Crippen molar-refractivity contribution in [1.82, 2.24) is 0 Å². The summed E-state index contributed by atoms with van der Waals surface area (Å²) in [5, 5.41) is 8.88. The average molecular weight is 255 g/mol. The summed E-state index contributed by atoms with van der Waals surface area (Å²) >= 11 is 6.08. The van der Waals surface area contributed by atoms with Crippen molar-refractivity contribution in [3.8, 4) is 6.07 Å². The number of nitrogens with zero attached hydrogens (tertiary/aromatic N) is 1. The second kappa shape index (κ2) is 5.15. The van der Waals surface area contributed by atoms with E-state index in [1.165, 1.54) is 12.1 Å². The molecule has 1 atom stereocenters. The SMILES string of the molecule is CCC(Cl)(Cc1ccc(F)cc1C#N)C(N)=O. The van der Waals surface area contributed by atoms with Gasteiger partial charge in [-0.1, -0.05) is 13.0 Å². The van der Waals surface area contributed by atoms with Gasteiger partial charge in [-0.25, -0.2) is 4.39 Å². The van der Waals surface area contributed by atoms with Crippen LogP contribution < -0.4 is 5.73 Å². The lowest BCUT2D eigenvalue weighted by molar-refractivity contribution is -0.120. The first-order chi connectivity index (χ1) is 7.92. The fourth-order valence-corrected chi connectivity index (χ4v) is 1.64. The minimum Gasteiger partial charge on any atom is -0.368 e. The van der Waals surface area contributed by atoms with Crippen LogP contribution >= 0.6 is 11.6 Å². The number of nitrogens with two attached hydrogens (primary N) is 1. The van der Waals surface area contributed by atoms with Crippen LogP contribution in [-0.2, 0) is 11.2 Å². The van der Waals surface area contributed by atoms with Gasteiger partial charge in [0.05, 0.1) is 11.6 Å². The Balaban J connectivity index is 3.11. The lowest BCUT2D eigenvalue weighted by Crippen LogP contribution is -2.40. The first kappa shape index (κ1) is 13.5. The molecule has 0 aliphatic heterocycles. The van der Waals surface area contributed by atoms with Crippen LogP contribution in [0, 0.1) is 17.1 Å². The van der Waals surface area contributed by atoms with Crippen LogP contribution in [0.2, 0.25) is 0 Å². The summed E-state index contributed by atoms with van der Waals surface area (Å²) < 4.78 is 12.9. The molecule has 0 spiro atoms. The van der Waals surface area contributed by atoms with Gasteiger partial charge in [-0.2, -0.15) is 5.26 Å². The number of nitriles is 1. The zero-order valence-electron chi connectivity index (χ0n) is 9.34. The minimum absolute atomic E-state index is 0.115. The molecular weight excluding hydrogens is 243 g/mol. The van der Waals surface area contributed by atoms with Crippen molar-refractivity contribution in [2.45, 2.75) is 24.6 Å². The van der Waals surface area contributed by atoms with E-state index in [0.717, 1.165) is 6.07 Å². The summed E-state index contributed by atoms with van der Waals surface area (Å²) in [6, 6.07) is 5.66. The average Bonchev–Trinajstić information content (AvgIpc) is 2.30. The minimum atomic E-state index is -1.23. The van der Waals surface area contributed by atoms with Crippen LogP contribution in [0.5, 0.6) is 0 Å². The molecule has 1 unspecified atom stereocenters. The standard InChI is InChI=1S/C12H12ClFN2O/c1-2-12(13,11(16)17)6-8-3-4-10(14)5-9(8)7-15/h3-5H,2,6H2,1H3,(H2,16,17). The van der Waals surface area contributed by atoms with Gasteiger partial charge in [0.1, 0.15) is 10.7 Å². The van der Waals surface area contributed by atoms with Crippen molar-refractivity contribution < 1.29 is 9.18 Å². The van der Waals surface area contributed by atoms with Gasteiger partial charge in [0, 0.05) is 6.42 Å². The normalized spacial score (nSPS) is 13.8. The van der Waals surface area contributed by atoms with Crippen molar-refractivity contribution in [3.05, 3.63) is 35.1 Å². The Morgan fingerprint density at radius 3 is 2.76 bits per heavy atom. The Bertz CT molecular complexity index is 484. The summed E-state index contributed by atoms with van der Waals surface area (Å²) in [6.45, 7) is 1.73. The molecule has 90 valence electrons. The van der Waals surface area contributed by atoms with Crippen LogP contribution in [0.3, 0.4) is 0 Å². The Labute approximate surface area is 104 Å². The van der Waals surface area contributed by atoms with Gasteiger partial charge in [-0.15, -0.1) is 11.6 Å². The molecule has 5 heteroatoms. The Morgan fingerprint density at radius 1 is 1.65 bits per heavy atom. The van der Waals surface area contributed by atoms with Gasteiger partial charge in [-0.3, -0.25) is 4.79 Å². The molecule has 0 aliphatic rings. The van der Waals surface area contributed by atoms with Gasteiger partial charge in [-0.05, 0) is 24.1 Å². The van der Waals surface area contributed by atoms with Gasteiger partial charge in [0.25, 0.3) is 0 Å². The zero-order chi connectivity index (χ0) is 13.1. The van der Waals surface area contributed by atoms with Gasteiger partial charge in [0.2, 0.25) is 5.91 Å². The molecule has 1 aromatic carbocycles. The molecule has 0 aliphatic carbocycles. The highest BCUT2D eigenvalue weighted by atomic mass is 35.5. The van der Waals surface area contributed by atoms with Crippen molar-refractivity contribution in [3.63, 3.8) is 0 Å². The number of hydrogen-bond acceptors (Lipinski definition) is 2. The molecule has 17 heavy (non-hydrogen) atoms. The van der Waals surface area contributed by atoms with E-state index in [-0.39, 0.29) is 12.0 Å². The lowest BCUT2D eigenvalue weighted by Gasteiger charge is -2.22. The molecule has 2 N–H and O–H groups in total. The van der Waals surface area contributed by atoms with E-state index >= 15 is 0 Å². The van der Waals surface area contributed by atoms with Gasteiger partial charge in [0.15, 0.2) is 0 Å². The highest BCUT2D eigenvalue weighted by Gasteiger charge is 2.33. The first-order valence-electron chi connectivity index (χ1n) is 5.10. The van der Waals surface area contributed by atoms with E-state index in [0.29, 0.717) is 12.0 Å².